The van der Waals surface area contributed by atoms with Crippen molar-refractivity contribution in [1.29, 1.82) is 0 Å². The fourth-order valence-corrected chi connectivity index (χ4v) is 1.84. The smallest absolute Gasteiger partial charge is 0.255 e. The van der Waals surface area contributed by atoms with Crippen molar-refractivity contribution in [2.24, 2.45) is 0 Å². The molecule has 0 aromatic carbocycles. The molecular formula is C11H11N5O. The summed E-state index contributed by atoms with van der Waals surface area (Å²) in [6, 6.07) is 3.21. The summed E-state index contributed by atoms with van der Waals surface area (Å²) in [7, 11) is 0. The Balaban J connectivity index is 2.14. The molecule has 1 N–H and O–H groups in total. The van der Waals surface area contributed by atoms with E-state index in [1.807, 2.05) is 0 Å². The van der Waals surface area contributed by atoms with Crippen molar-refractivity contribution in [2.45, 2.75) is 13.0 Å². The Labute approximate surface area is 97.4 Å². The molecule has 0 bridgehead atoms. The van der Waals surface area contributed by atoms with Crippen LogP contribution < -0.4 is 10.9 Å². The van der Waals surface area contributed by atoms with Crippen LogP contribution in [0.25, 0.3) is 11.5 Å². The van der Waals surface area contributed by atoms with Crippen molar-refractivity contribution in [2.75, 3.05) is 11.9 Å². The summed E-state index contributed by atoms with van der Waals surface area (Å²) >= 11 is 0. The maximum Gasteiger partial charge on any atom is 0.255 e. The largest absolute Gasteiger partial charge is 0.355 e. The summed E-state index contributed by atoms with van der Waals surface area (Å²) < 4.78 is 1.63. The van der Waals surface area contributed by atoms with E-state index < -0.39 is 0 Å². The molecule has 0 spiro atoms. The van der Waals surface area contributed by atoms with E-state index in [0.29, 0.717) is 24.0 Å². The number of nitrogens with zero attached hydrogens (tertiary/aromatic N) is 4. The third kappa shape index (κ3) is 1.77. The molecule has 1 aliphatic rings. The predicted octanol–water partition coefficient (Wildman–Crippen LogP) is 0.516. The SMILES string of the molecule is O=c1cc(-c2ncccn2)nc2n1CCCN2. The van der Waals surface area contributed by atoms with Crippen molar-refractivity contribution < 1.29 is 0 Å². The molecule has 0 aliphatic carbocycles. The van der Waals surface area contributed by atoms with Crippen molar-refractivity contribution >= 4 is 5.95 Å². The first-order chi connectivity index (χ1) is 8.34. The Morgan fingerprint density at radius 2 is 2.12 bits per heavy atom. The molecule has 3 rings (SSSR count). The third-order valence-electron chi connectivity index (χ3n) is 2.64. The van der Waals surface area contributed by atoms with Crippen molar-refractivity contribution in [1.82, 2.24) is 19.5 Å². The van der Waals surface area contributed by atoms with Crippen LogP contribution in [0.5, 0.6) is 0 Å². The highest BCUT2D eigenvalue weighted by Gasteiger charge is 2.13. The van der Waals surface area contributed by atoms with Gasteiger partial charge >= 0.3 is 0 Å². The Morgan fingerprint density at radius 1 is 1.29 bits per heavy atom. The molecular weight excluding hydrogens is 218 g/mol. The second-order valence-corrected chi connectivity index (χ2v) is 3.81. The van der Waals surface area contributed by atoms with Gasteiger partial charge in [0.25, 0.3) is 5.56 Å². The lowest BCUT2D eigenvalue weighted by molar-refractivity contribution is 0.596. The van der Waals surface area contributed by atoms with Gasteiger partial charge < -0.3 is 5.32 Å². The van der Waals surface area contributed by atoms with Crippen LogP contribution in [0.1, 0.15) is 6.42 Å². The lowest BCUT2D eigenvalue weighted by Gasteiger charge is -2.18. The standard InChI is InChI=1S/C11H11N5O/c17-9-7-8(10-12-3-1-4-13-10)15-11-14-5-2-6-16(9)11/h1,3-4,7H,2,5-6H2,(H,14,15). The van der Waals surface area contributed by atoms with Gasteiger partial charge in [0.1, 0.15) is 5.69 Å². The molecule has 0 radical (unpaired) electrons. The molecule has 3 heterocycles. The second kappa shape index (κ2) is 3.97. The van der Waals surface area contributed by atoms with E-state index in [4.69, 9.17) is 0 Å². The summed E-state index contributed by atoms with van der Waals surface area (Å²) in [5.41, 5.74) is 0.445. The van der Waals surface area contributed by atoms with Gasteiger partial charge in [-0.05, 0) is 12.5 Å². The number of anilines is 1. The summed E-state index contributed by atoms with van der Waals surface area (Å²) in [5, 5.41) is 3.11. The maximum atomic E-state index is 11.9. The minimum absolute atomic E-state index is 0.0651. The monoisotopic (exact) mass is 229 g/mol. The van der Waals surface area contributed by atoms with Crippen LogP contribution in [0.15, 0.2) is 29.3 Å². The highest BCUT2D eigenvalue weighted by molar-refractivity contribution is 5.50. The predicted molar refractivity (Wildman–Crippen MR) is 62.6 cm³/mol. The number of nitrogens with one attached hydrogen (secondary N) is 1. The molecule has 0 saturated carbocycles. The Hall–Kier alpha value is -2.24. The molecule has 0 atom stereocenters. The third-order valence-corrected chi connectivity index (χ3v) is 2.64. The average molecular weight is 229 g/mol. The van der Waals surface area contributed by atoms with Crippen LogP contribution in [-0.2, 0) is 6.54 Å². The van der Waals surface area contributed by atoms with Gasteiger partial charge in [-0.25, -0.2) is 15.0 Å². The minimum atomic E-state index is -0.0651. The van der Waals surface area contributed by atoms with Gasteiger partial charge in [0, 0.05) is 31.5 Å². The van der Waals surface area contributed by atoms with Crippen molar-refractivity contribution in [3.63, 3.8) is 0 Å². The molecule has 0 saturated heterocycles. The summed E-state index contributed by atoms with van der Waals surface area (Å²) in [4.78, 5) is 24.4. The summed E-state index contributed by atoms with van der Waals surface area (Å²) in [6.45, 7) is 1.55. The molecule has 0 fully saturated rings. The van der Waals surface area contributed by atoms with Crippen molar-refractivity contribution in [3.05, 3.63) is 34.9 Å². The topological polar surface area (TPSA) is 72.7 Å². The van der Waals surface area contributed by atoms with Crippen LogP contribution in [0.2, 0.25) is 0 Å². The highest BCUT2D eigenvalue weighted by atomic mass is 16.1. The van der Waals surface area contributed by atoms with Crippen LogP contribution in [0.3, 0.4) is 0 Å². The number of aromatic nitrogens is 4. The lowest BCUT2D eigenvalue weighted by Crippen LogP contribution is -2.29. The van der Waals surface area contributed by atoms with E-state index in [-0.39, 0.29) is 5.56 Å². The van der Waals surface area contributed by atoms with Gasteiger partial charge in [-0.3, -0.25) is 9.36 Å². The lowest BCUT2D eigenvalue weighted by atomic mass is 10.3. The molecule has 2 aromatic rings. The zero-order valence-corrected chi connectivity index (χ0v) is 9.13. The highest BCUT2D eigenvalue weighted by Crippen LogP contribution is 2.14. The van der Waals surface area contributed by atoms with Crippen LogP contribution in [-0.4, -0.2) is 26.1 Å². The summed E-state index contributed by atoms with van der Waals surface area (Å²) in [6.07, 6.45) is 4.21. The van der Waals surface area contributed by atoms with Crippen LogP contribution >= 0.6 is 0 Å². The van der Waals surface area contributed by atoms with Gasteiger partial charge in [-0.1, -0.05) is 0 Å². The molecule has 0 unspecified atom stereocenters. The zero-order chi connectivity index (χ0) is 11.7. The Bertz CT molecular complexity index is 593. The van der Waals surface area contributed by atoms with Crippen molar-refractivity contribution in [3.8, 4) is 11.5 Å². The Morgan fingerprint density at radius 3 is 2.94 bits per heavy atom. The van der Waals surface area contributed by atoms with E-state index >= 15 is 0 Å². The number of fused-ring (bicyclic) bond motifs is 1. The molecule has 17 heavy (non-hydrogen) atoms. The molecule has 6 heteroatoms. The van der Waals surface area contributed by atoms with Gasteiger partial charge in [-0.15, -0.1) is 0 Å². The van der Waals surface area contributed by atoms with Gasteiger partial charge in [0.05, 0.1) is 0 Å². The fraction of sp³-hybridized carbons (Fsp3) is 0.273. The number of hydrogen-bond acceptors (Lipinski definition) is 5. The molecule has 86 valence electrons. The first kappa shape index (κ1) is 9.95. The van der Waals surface area contributed by atoms with Gasteiger partial charge in [0.2, 0.25) is 5.95 Å². The average Bonchev–Trinajstić information content (AvgIpc) is 2.40. The van der Waals surface area contributed by atoms with E-state index in [0.717, 1.165) is 13.0 Å². The molecule has 2 aromatic heterocycles. The van der Waals surface area contributed by atoms with E-state index in [2.05, 4.69) is 20.3 Å². The summed E-state index contributed by atoms with van der Waals surface area (Å²) in [5.74, 6) is 1.08. The first-order valence-electron chi connectivity index (χ1n) is 5.48. The fourth-order valence-electron chi connectivity index (χ4n) is 1.84. The van der Waals surface area contributed by atoms with E-state index in [9.17, 15) is 4.79 Å². The normalized spacial score (nSPS) is 13.9. The Kier molecular flexibility index (Phi) is 2.32. The van der Waals surface area contributed by atoms with Gasteiger partial charge in [0.15, 0.2) is 5.82 Å². The quantitative estimate of drug-likeness (QED) is 0.771. The molecule has 0 amide bonds. The number of hydrogen-bond donors (Lipinski definition) is 1. The van der Waals surface area contributed by atoms with Crippen LogP contribution in [0.4, 0.5) is 5.95 Å². The first-order valence-corrected chi connectivity index (χ1v) is 5.48. The van der Waals surface area contributed by atoms with E-state index in [1.165, 1.54) is 6.07 Å². The zero-order valence-electron chi connectivity index (χ0n) is 9.13. The molecule has 6 nitrogen and oxygen atoms in total. The van der Waals surface area contributed by atoms with Gasteiger partial charge in [-0.2, -0.15) is 0 Å². The minimum Gasteiger partial charge on any atom is -0.355 e. The number of rotatable bonds is 1. The van der Waals surface area contributed by atoms with E-state index in [1.54, 1.807) is 23.0 Å². The maximum absolute atomic E-state index is 11.9. The second-order valence-electron chi connectivity index (χ2n) is 3.81. The molecule has 1 aliphatic heterocycles. The van der Waals surface area contributed by atoms with Crippen LogP contribution in [0, 0.1) is 0 Å².